The van der Waals surface area contributed by atoms with Crippen molar-refractivity contribution in [3.63, 3.8) is 0 Å². The largest absolute Gasteiger partial charge is 0.337 e. The third-order valence-corrected chi connectivity index (χ3v) is 4.99. The summed E-state index contributed by atoms with van der Waals surface area (Å²) in [5.74, 6) is 0.899. The van der Waals surface area contributed by atoms with Crippen molar-refractivity contribution >= 4 is 16.7 Å². The number of hydrogen-bond donors (Lipinski definition) is 0. The molecule has 0 saturated heterocycles. The summed E-state index contributed by atoms with van der Waals surface area (Å²) in [6.45, 7) is 6.27. The molecule has 29 heavy (non-hydrogen) atoms. The zero-order chi connectivity index (χ0) is 20.4. The van der Waals surface area contributed by atoms with Gasteiger partial charge in [0.25, 0.3) is 5.91 Å². The zero-order valence-electron chi connectivity index (χ0n) is 16.8. The van der Waals surface area contributed by atoms with E-state index in [2.05, 4.69) is 10.1 Å². The van der Waals surface area contributed by atoms with Gasteiger partial charge in [0.15, 0.2) is 0 Å². The minimum Gasteiger partial charge on any atom is -0.337 e. The molecule has 0 N–H and O–H groups in total. The molecule has 0 unspecified atom stereocenters. The predicted molar refractivity (Wildman–Crippen MR) is 113 cm³/mol. The highest BCUT2D eigenvalue weighted by atomic mass is 16.5. The van der Waals surface area contributed by atoms with Crippen molar-refractivity contribution in [1.82, 2.24) is 15.0 Å². The molecule has 5 heteroatoms. The maximum absolute atomic E-state index is 13.4. The number of hydrogen-bond acceptors (Lipinski definition) is 4. The molecular formula is C24H23N3O2. The van der Waals surface area contributed by atoms with Crippen molar-refractivity contribution in [3.05, 3.63) is 83.7 Å². The second-order valence-electron chi connectivity index (χ2n) is 7.43. The Morgan fingerprint density at radius 1 is 1.00 bits per heavy atom. The highest BCUT2D eigenvalue weighted by Crippen LogP contribution is 2.23. The van der Waals surface area contributed by atoms with Crippen LogP contribution in [0.1, 0.15) is 35.7 Å². The first kappa shape index (κ1) is 18.9. The lowest BCUT2D eigenvalue weighted by atomic mass is 10.0. The van der Waals surface area contributed by atoms with Crippen LogP contribution in [-0.2, 0) is 6.54 Å². The maximum atomic E-state index is 13.4. The van der Waals surface area contributed by atoms with Gasteiger partial charge in [-0.15, -0.1) is 0 Å². The summed E-state index contributed by atoms with van der Waals surface area (Å²) < 4.78 is 5.45. The standard InChI is InChI=1S/C24H23N3O2/c1-16(2)27(24(28)21-10-6-8-18-7-4-5-9-20(18)21)15-22-25-23(26-29-22)19-13-11-17(3)12-14-19/h4-14,16H,15H2,1-3H3. The molecule has 0 fully saturated rings. The monoisotopic (exact) mass is 385 g/mol. The lowest BCUT2D eigenvalue weighted by Gasteiger charge is -2.25. The molecule has 0 aliphatic carbocycles. The topological polar surface area (TPSA) is 59.2 Å². The van der Waals surface area contributed by atoms with Crippen LogP contribution in [0, 0.1) is 6.92 Å². The number of rotatable bonds is 5. The number of nitrogens with zero attached hydrogens (tertiary/aromatic N) is 3. The van der Waals surface area contributed by atoms with Gasteiger partial charge in [-0.2, -0.15) is 4.98 Å². The van der Waals surface area contributed by atoms with E-state index in [9.17, 15) is 4.79 Å². The predicted octanol–water partition coefficient (Wildman–Crippen LogP) is 5.25. The van der Waals surface area contributed by atoms with E-state index in [1.54, 1.807) is 4.90 Å². The summed E-state index contributed by atoms with van der Waals surface area (Å²) >= 11 is 0. The average Bonchev–Trinajstić information content (AvgIpc) is 3.20. The Balaban J connectivity index is 1.62. The van der Waals surface area contributed by atoms with Crippen molar-refractivity contribution in [2.75, 3.05) is 0 Å². The van der Waals surface area contributed by atoms with Gasteiger partial charge in [-0.3, -0.25) is 4.79 Å². The SMILES string of the molecule is Cc1ccc(-c2noc(CN(C(=O)c3cccc4ccccc34)C(C)C)n2)cc1. The van der Waals surface area contributed by atoms with Crippen molar-refractivity contribution in [2.24, 2.45) is 0 Å². The maximum Gasteiger partial charge on any atom is 0.255 e. The van der Waals surface area contributed by atoms with Crippen molar-refractivity contribution in [2.45, 2.75) is 33.4 Å². The Hall–Kier alpha value is -3.47. The van der Waals surface area contributed by atoms with E-state index in [1.807, 2.05) is 87.5 Å². The van der Waals surface area contributed by atoms with E-state index in [0.29, 0.717) is 17.3 Å². The Labute approximate surface area is 170 Å². The van der Waals surface area contributed by atoms with Crippen molar-refractivity contribution < 1.29 is 9.32 Å². The lowest BCUT2D eigenvalue weighted by molar-refractivity contribution is 0.0669. The van der Waals surface area contributed by atoms with Crippen molar-refractivity contribution in [3.8, 4) is 11.4 Å². The van der Waals surface area contributed by atoms with Crippen LogP contribution in [0.25, 0.3) is 22.2 Å². The van der Waals surface area contributed by atoms with Crippen LogP contribution in [0.15, 0.2) is 71.3 Å². The molecule has 146 valence electrons. The van der Waals surface area contributed by atoms with Crippen molar-refractivity contribution in [1.29, 1.82) is 0 Å². The molecule has 3 aromatic carbocycles. The van der Waals surface area contributed by atoms with Crippen LogP contribution >= 0.6 is 0 Å². The molecule has 5 nitrogen and oxygen atoms in total. The zero-order valence-corrected chi connectivity index (χ0v) is 16.8. The number of aromatic nitrogens is 2. The fourth-order valence-corrected chi connectivity index (χ4v) is 3.34. The van der Waals surface area contributed by atoms with Gasteiger partial charge in [-0.1, -0.05) is 71.4 Å². The van der Waals surface area contributed by atoms with E-state index < -0.39 is 0 Å². The fourth-order valence-electron chi connectivity index (χ4n) is 3.34. The van der Waals surface area contributed by atoms with Gasteiger partial charge in [0.1, 0.15) is 6.54 Å². The molecule has 4 aromatic rings. The Morgan fingerprint density at radius 2 is 1.72 bits per heavy atom. The van der Waals surface area contributed by atoms with E-state index in [1.165, 1.54) is 5.56 Å². The van der Waals surface area contributed by atoms with Gasteiger partial charge >= 0.3 is 0 Å². The van der Waals surface area contributed by atoms with E-state index in [4.69, 9.17) is 4.52 Å². The fraction of sp³-hybridized carbons (Fsp3) is 0.208. The summed E-state index contributed by atoms with van der Waals surface area (Å²) in [5.41, 5.74) is 2.74. The lowest BCUT2D eigenvalue weighted by Crippen LogP contribution is -2.36. The molecule has 0 aliphatic rings. The quantitative estimate of drug-likeness (QED) is 0.471. The average molecular weight is 385 g/mol. The summed E-state index contributed by atoms with van der Waals surface area (Å²) in [5, 5.41) is 6.07. The molecule has 0 aliphatic heterocycles. The number of amides is 1. The normalized spacial score (nSPS) is 11.2. The molecule has 0 saturated carbocycles. The number of carbonyl (C=O) groups excluding carboxylic acids is 1. The van der Waals surface area contributed by atoms with Crippen LogP contribution in [0.3, 0.4) is 0 Å². The minimum absolute atomic E-state index is 0.0174. The molecule has 4 rings (SSSR count). The van der Waals surface area contributed by atoms with Crippen LogP contribution in [0.2, 0.25) is 0 Å². The number of aryl methyl sites for hydroxylation is 1. The second-order valence-corrected chi connectivity index (χ2v) is 7.43. The molecule has 0 bridgehead atoms. The molecular weight excluding hydrogens is 362 g/mol. The van der Waals surface area contributed by atoms with Gasteiger partial charge in [0.05, 0.1) is 0 Å². The van der Waals surface area contributed by atoms with E-state index in [0.717, 1.165) is 16.3 Å². The van der Waals surface area contributed by atoms with Crippen LogP contribution < -0.4 is 0 Å². The summed E-state index contributed by atoms with van der Waals surface area (Å²) in [6, 6.07) is 21.6. The van der Waals surface area contributed by atoms with Gasteiger partial charge in [0, 0.05) is 17.2 Å². The molecule has 1 aromatic heterocycles. The first-order chi connectivity index (χ1) is 14.0. The summed E-state index contributed by atoms with van der Waals surface area (Å²) in [6.07, 6.45) is 0. The molecule has 0 atom stereocenters. The van der Waals surface area contributed by atoms with E-state index in [-0.39, 0.29) is 18.5 Å². The second kappa shape index (κ2) is 7.87. The number of fused-ring (bicyclic) bond motifs is 1. The molecule has 0 radical (unpaired) electrons. The summed E-state index contributed by atoms with van der Waals surface area (Å²) in [4.78, 5) is 19.6. The first-order valence-corrected chi connectivity index (χ1v) is 9.71. The van der Waals surface area contributed by atoms with Gasteiger partial charge in [-0.25, -0.2) is 0 Å². The Bertz CT molecular complexity index is 1140. The third-order valence-electron chi connectivity index (χ3n) is 4.99. The first-order valence-electron chi connectivity index (χ1n) is 9.71. The number of benzene rings is 3. The third kappa shape index (κ3) is 3.90. The van der Waals surface area contributed by atoms with Gasteiger partial charge in [0.2, 0.25) is 11.7 Å². The minimum atomic E-state index is -0.0492. The Morgan fingerprint density at radius 3 is 2.48 bits per heavy atom. The van der Waals surface area contributed by atoms with Gasteiger partial charge in [-0.05, 0) is 37.6 Å². The highest BCUT2D eigenvalue weighted by molar-refractivity contribution is 6.07. The highest BCUT2D eigenvalue weighted by Gasteiger charge is 2.23. The molecule has 1 amide bonds. The molecule has 1 heterocycles. The summed E-state index contributed by atoms with van der Waals surface area (Å²) in [7, 11) is 0. The molecule has 0 spiro atoms. The van der Waals surface area contributed by atoms with Gasteiger partial charge < -0.3 is 9.42 Å². The Kier molecular flexibility index (Phi) is 5.12. The smallest absolute Gasteiger partial charge is 0.255 e. The van der Waals surface area contributed by atoms with Crippen LogP contribution in [0.4, 0.5) is 0 Å². The number of carbonyl (C=O) groups is 1. The van der Waals surface area contributed by atoms with E-state index >= 15 is 0 Å². The van der Waals surface area contributed by atoms with Crippen LogP contribution in [-0.4, -0.2) is 27.0 Å². The van der Waals surface area contributed by atoms with Crippen LogP contribution in [0.5, 0.6) is 0 Å².